The molecule has 0 saturated carbocycles. The lowest BCUT2D eigenvalue weighted by molar-refractivity contribution is 0.0994. The van der Waals surface area contributed by atoms with Crippen molar-refractivity contribution in [1.29, 1.82) is 0 Å². The van der Waals surface area contributed by atoms with Gasteiger partial charge in [0.2, 0.25) is 0 Å². The number of rotatable bonds is 3. The Hall–Kier alpha value is -3.06. The van der Waals surface area contributed by atoms with E-state index in [9.17, 15) is 9.18 Å². The smallest absolute Gasteiger partial charge is 0.300 e. The highest BCUT2D eigenvalue weighted by Gasteiger charge is 2.13. The fraction of sp³-hybridized carbons (Fsp3) is 0.0556. The summed E-state index contributed by atoms with van der Waals surface area (Å²) >= 11 is 1.32. The number of thiazole rings is 1. The van der Waals surface area contributed by atoms with Crippen LogP contribution in [0.25, 0.3) is 10.9 Å². The van der Waals surface area contributed by atoms with E-state index in [-0.39, 0.29) is 11.5 Å². The second-order valence-corrected chi connectivity index (χ2v) is 6.31. The monoisotopic (exact) mass is 352 g/mol. The minimum absolute atomic E-state index is 0.279. The number of hydrogen-bond donors (Lipinski definition) is 1. The van der Waals surface area contributed by atoms with Gasteiger partial charge in [-0.15, -0.1) is 11.3 Å². The molecule has 124 valence electrons. The van der Waals surface area contributed by atoms with Crippen LogP contribution in [-0.2, 0) is 6.54 Å². The van der Waals surface area contributed by atoms with Gasteiger partial charge >= 0.3 is 5.91 Å². The Balaban J connectivity index is 1.70. The van der Waals surface area contributed by atoms with Crippen LogP contribution in [0.5, 0.6) is 0 Å². The van der Waals surface area contributed by atoms with Crippen LogP contribution in [0, 0.1) is 5.82 Å². The molecule has 1 N–H and O–H groups in total. The van der Waals surface area contributed by atoms with Crippen LogP contribution in [0.2, 0.25) is 0 Å². The predicted molar refractivity (Wildman–Crippen MR) is 93.8 cm³/mol. The Labute approximate surface area is 146 Å². The van der Waals surface area contributed by atoms with E-state index in [2.05, 4.69) is 15.2 Å². The molecule has 2 aromatic heterocycles. The number of halogens is 1. The average molecular weight is 352 g/mol. The second kappa shape index (κ2) is 6.45. The van der Waals surface area contributed by atoms with Crippen LogP contribution in [0.3, 0.4) is 0 Å². The largest absolute Gasteiger partial charge is 0.319 e. The van der Waals surface area contributed by atoms with Crippen LogP contribution >= 0.6 is 11.3 Å². The van der Waals surface area contributed by atoms with Gasteiger partial charge in [0.05, 0.1) is 12.1 Å². The van der Waals surface area contributed by atoms with Crippen LogP contribution in [-0.4, -0.2) is 20.7 Å². The van der Waals surface area contributed by atoms with E-state index in [4.69, 9.17) is 0 Å². The zero-order valence-electron chi connectivity index (χ0n) is 13.0. The van der Waals surface area contributed by atoms with Crippen molar-refractivity contribution >= 4 is 28.1 Å². The summed E-state index contributed by atoms with van der Waals surface area (Å²) in [6, 6.07) is 13.9. The molecule has 7 heteroatoms. The van der Waals surface area contributed by atoms with E-state index in [1.165, 1.54) is 17.4 Å². The fourth-order valence-electron chi connectivity index (χ4n) is 2.58. The maximum atomic E-state index is 13.9. The molecule has 0 atom stereocenters. The average Bonchev–Trinajstić information content (AvgIpc) is 3.24. The SMILES string of the molecule is O=C(N=c1sccn1Cc1ccccc1F)c1n[nH]c2ccccc12. The minimum atomic E-state index is -0.429. The molecule has 0 bridgehead atoms. The lowest BCUT2D eigenvalue weighted by Crippen LogP contribution is -2.17. The van der Waals surface area contributed by atoms with Gasteiger partial charge in [-0.05, 0) is 12.1 Å². The molecule has 0 aliphatic heterocycles. The molecule has 5 nitrogen and oxygen atoms in total. The number of nitrogens with one attached hydrogen (secondary N) is 1. The third-order valence-corrected chi connectivity index (χ3v) is 4.62. The summed E-state index contributed by atoms with van der Waals surface area (Å²) in [7, 11) is 0. The Kier molecular flexibility index (Phi) is 3.99. The number of aromatic amines is 1. The quantitative estimate of drug-likeness (QED) is 0.614. The highest BCUT2D eigenvalue weighted by atomic mass is 32.1. The number of carbonyl (C=O) groups excluding carboxylic acids is 1. The first kappa shape index (κ1) is 15.5. The van der Waals surface area contributed by atoms with Gasteiger partial charge in [0.15, 0.2) is 10.5 Å². The van der Waals surface area contributed by atoms with E-state index < -0.39 is 5.91 Å². The number of benzene rings is 2. The molecular weight excluding hydrogens is 339 g/mol. The molecule has 0 spiro atoms. The van der Waals surface area contributed by atoms with Gasteiger partial charge in [-0.2, -0.15) is 10.1 Å². The number of fused-ring (bicyclic) bond motifs is 1. The van der Waals surface area contributed by atoms with Gasteiger partial charge in [0.25, 0.3) is 0 Å². The topological polar surface area (TPSA) is 63.0 Å². The van der Waals surface area contributed by atoms with Gasteiger partial charge in [0, 0.05) is 22.5 Å². The molecule has 0 fully saturated rings. The van der Waals surface area contributed by atoms with E-state index in [1.54, 1.807) is 29.0 Å². The molecule has 0 saturated heterocycles. The molecule has 2 aromatic carbocycles. The van der Waals surface area contributed by atoms with Gasteiger partial charge in [0.1, 0.15) is 5.82 Å². The first-order valence-corrected chi connectivity index (χ1v) is 8.50. The second-order valence-electron chi connectivity index (χ2n) is 5.44. The van der Waals surface area contributed by atoms with Crippen molar-refractivity contribution in [3.63, 3.8) is 0 Å². The molecule has 2 heterocycles. The minimum Gasteiger partial charge on any atom is -0.319 e. The zero-order chi connectivity index (χ0) is 17.2. The highest BCUT2D eigenvalue weighted by molar-refractivity contribution is 7.07. The van der Waals surface area contributed by atoms with Crippen molar-refractivity contribution in [2.45, 2.75) is 6.54 Å². The fourth-order valence-corrected chi connectivity index (χ4v) is 3.31. The lowest BCUT2D eigenvalue weighted by atomic mass is 10.2. The summed E-state index contributed by atoms with van der Waals surface area (Å²) in [6.07, 6.45) is 1.78. The number of amides is 1. The van der Waals surface area contributed by atoms with Crippen LogP contribution in [0.15, 0.2) is 65.1 Å². The van der Waals surface area contributed by atoms with Crippen molar-refractivity contribution < 1.29 is 9.18 Å². The maximum absolute atomic E-state index is 13.9. The first-order valence-electron chi connectivity index (χ1n) is 7.62. The highest BCUT2D eigenvalue weighted by Crippen LogP contribution is 2.15. The predicted octanol–water partition coefficient (Wildman–Crippen LogP) is 3.35. The normalized spacial score (nSPS) is 12.0. The van der Waals surface area contributed by atoms with Gasteiger partial charge in [-0.1, -0.05) is 36.4 Å². The van der Waals surface area contributed by atoms with E-state index in [0.29, 0.717) is 16.9 Å². The summed E-state index contributed by atoms with van der Waals surface area (Å²) in [6.45, 7) is 0.309. The third kappa shape index (κ3) is 3.01. The standard InChI is InChI=1S/C18H13FN4OS/c19-14-7-3-1-5-12(14)11-23-9-10-25-18(23)20-17(24)16-13-6-2-4-8-15(13)21-22-16/h1-10H,11H2,(H,21,22). The van der Waals surface area contributed by atoms with Crippen molar-refractivity contribution in [3.05, 3.63) is 82.0 Å². The molecule has 1 amide bonds. The van der Waals surface area contributed by atoms with E-state index >= 15 is 0 Å². The molecular formula is C18H13FN4OS. The molecule has 0 radical (unpaired) electrons. The zero-order valence-corrected chi connectivity index (χ0v) is 13.8. The maximum Gasteiger partial charge on any atom is 0.300 e. The van der Waals surface area contributed by atoms with Crippen molar-refractivity contribution in [3.8, 4) is 0 Å². The Morgan fingerprint density at radius 1 is 1.20 bits per heavy atom. The Morgan fingerprint density at radius 2 is 2.00 bits per heavy atom. The number of aromatic nitrogens is 3. The number of carbonyl (C=O) groups is 1. The van der Waals surface area contributed by atoms with E-state index in [0.717, 1.165) is 10.9 Å². The molecule has 0 unspecified atom stereocenters. The third-order valence-electron chi connectivity index (χ3n) is 3.83. The van der Waals surface area contributed by atoms with E-state index in [1.807, 2.05) is 29.6 Å². The summed E-state index contributed by atoms with van der Waals surface area (Å²) in [5.41, 5.74) is 1.60. The number of hydrogen-bond acceptors (Lipinski definition) is 3. The van der Waals surface area contributed by atoms with Crippen molar-refractivity contribution in [1.82, 2.24) is 14.8 Å². The van der Waals surface area contributed by atoms with Gasteiger partial charge in [-0.25, -0.2) is 4.39 Å². The van der Waals surface area contributed by atoms with Crippen LogP contribution in [0.1, 0.15) is 16.1 Å². The first-order chi connectivity index (χ1) is 12.2. The number of nitrogens with zero attached hydrogens (tertiary/aromatic N) is 3. The molecule has 4 rings (SSSR count). The Bertz CT molecular complexity index is 1130. The molecule has 0 aliphatic carbocycles. The Morgan fingerprint density at radius 3 is 2.88 bits per heavy atom. The van der Waals surface area contributed by atoms with Crippen LogP contribution < -0.4 is 4.80 Å². The molecule has 25 heavy (non-hydrogen) atoms. The number of H-pyrrole nitrogens is 1. The number of para-hydroxylation sites is 1. The van der Waals surface area contributed by atoms with Gasteiger partial charge < -0.3 is 4.57 Å². The summed E-state index contributed by atoms with van der Waals surface area (Å²) in [5, 5.41) is 9.44. The van der Waals surface area contributed by atoms with Crippen LogP contribution in [0.4, 0.5) is 4.39 Å². The molecule has 0 aliphatic rings. The summed E-state index contributed by atoms with van der Waals surface area (Å²) < 4.78 is 15.6. The van der Waals surface area contributed by atoms with Crippen molar-refractivity contribution in [2.75, 3.05) is 0 Å². The van der Waals surface area contributed by atoms with Gasteiger partial charge in [-0.3, -0.25) is 9.89 Å². The lowest BCUT2D eigenvalue weighted by Gasteiger charge is -2.04. The van der Waals surface area contributed by atoms with Crippen molar-refractivity contribution in [2.24, 2.45) is 4.99 Å². The molecule has 4 aromatic rings. The summed E-state index contributed by atoms with van der Waals surface area (Å²) in [5.74, 6) is -0.709. The summed E-state index contributed by atoms with van der Waals surface area (Å²) in [4.78, 5) is 17.2.